The molecule has 1 aliphatic carbocycles. The van der Waals surface area contributed by atoms with Crippen LogP contribution in [0.25, 0.3) is 0 Å². The molecule has 1 aromatic rings. The summed E-state index contributed by atoms with van der Waals surface area (Å²) in [5.74, 6) is 0.912. The normalized spacial score (nSPS) is 18.1. The van der Waals surface area contributed by atoms with Crippen molar-refractivity contribution in [3.8, 4) is 5.75 Å². The number of rotatable bonds is 7. The highest BCUT2D eigenvalue weighted by Gasteiger charge is 2.31. The van der Waals surface area contributed by atoms with E-state index in [1.807, 2.05) is 6.07 Å². The van der Waals surface area contributed by atoms with Gasteiger partial charge < -0.3 is 15.2 Å². The Morgan fingerprint density at radius 3 is 2.63 bits per heavy atom. The van der Waals surface area contributed by atoms with E-state index in [9.17, 15) is 5.11 Å². The van der Waals surface area contributed by atoms with Gasteiger partial charge in [-0.05, 0) is 56.9 Å². The number of benzene rings is 1. The van der Waals surface area contributed by atoms with Crippen molar-refractivity contribution in [3.05, 3.63) is 29.3 Å². The van der Waals surface area contributed by atoms with Gasteiger partial charge in [0.1, 0.15) is 5.75 Å². The zero-order chi connectivity index (χ0) is 13.9. The summed E-state index contributed by atoms with van der Waals surface area (Å²) in [6.07, 6.45) is 3.27. The summed E-state index contributed by atoms with van der Waals surface area (Å²) >= 11 is 0. The standard InChI is InChI=1S/C16H25NO2/c1-12-4-7-15(10-13(12)2)19-9-8-16(3,11-18)17-14-5-6-14/h4,7,10,14,17-18H,5-6,8-9,11H2,1-3H3. The molecule has 1 fully saturated rings. The van der Waals surface area contributed by atoms with Crippen LogP contribution < -0.4 is 10.1 Å². The number of aryl methyl sites for hydroxylation is 2. The summed E-state index contributed by atoms with van der Waals surface area (Å²) in [7, 11) is 0. The number of hydrogen-bond donors (Lipinski definition) is 2. The van der Waals surface area contributed by atoms with E-state index < -0.39 is 0 Å². The van der Waals surface area contributed by atoms with Crippen molar-refractivity contribution < 1.29 is 9.84 Å². The number of hydrogen-bond acceptors (Lipinski definition) is 3. The molecule has 1 unspecified atom stereocenters. The monoisotopic (exact) mass is 263 g/mol. The molecule has 0 radical (unpaired) electrons. The highest BCUT2D eigenvalue weighted by molar-refractivity contribution is 5.33. The van der Waals surface area contributed by atoms with Crippen LogP contribution in [0.15, 0.2) is 18.2 Å². The minimum atomic E-state index is -0.221. The van der Waals surface area contributed by atoms with E-state index >= 15 is 0 Å². The van der Waals surface area contributed by atoms with E-state index in [0.29, 0.717) is 12.6 Å². The molecule has 106 valence electrons. The Hall–Kier alpha value is -1.06. The number of aliphatic hydroxyl groups is 1. The van der Waals surface area contributed by atoms with Gasteiger partial charge in [-0.25, -0.2) is 0 Å². The van der Waals surface area contributed by atoms with Crippen LogP contribution in [0.5, 0.6) is 5.75 Å². The van der Waals surface area contributed by atoms with Gasteiger partial charge in [0.2, 0.25) is 0 Å². The molecule has 0 aliphatic heterocycles. The molecule has 0 bridgehead atoms. The summed E-state index contributed by atoms with van der Waals surface area (Å²) in [6.45, 7) is 7.03. The van der Waals surface area contributed by atoms with Gasteiger partial charge in [0.25, 0.3) is 0 Å². The van der Waals surface area contributed by atoms with Crippen LogP contribution in [0, 0.1) is 13.8 Å². The fourth-order valence-corrected chi connectivity index (χ4v) is 2.12. The quantitative estimate of drug-likeness (QED) is 0.794. The SMILES string of the molecule is Cc1ccc(OCCC(C)(CO)NC2CC2)cc1C. The molecular weight excluding hydrogens is 238 g/mol. The molecule has 0 amide bonds. The first kappa shape index (κ1) is 14.4. The van der Waals surface area contributed by atoms with E-state index in [-0.39, 0.29) is 12.1 Å². The molecule has 2 rings (SSSR count). The molecule has 0 aromatic heterocycles. The molecule has 2 N–H and O–H groups in total. The predicted molar refractivity (Wildman–Crippen MR) is 77.7 cm³/mol. The second-order valence-corrected chi connectivity index (χ2v) is 5.98. The maximum Gasteiger partial charge on any atom is 0.119 e. The molecule has 1 aromatic carbocycles. The zero-order valence-corrected chi connectivity index (χ0v) is 12.2. The topological polar surface area (TPSA) is 41.5 Å². The van der Waals surface area contributed by atoms with Crippen molar-refractivity contribution in [1.82, 2.24) is 5.32 Å². The first-order valence-electron chi connectivity index (χ1n) is 7.11. The summed E-state index contributed by atoms with van der Waals surface area (Å²) in [6, 6.07) is 6.75. The van der Waals surface area contributed by atoms with Gasteiger partial charge in [0.05, 0.1) is 13.2 Å². The van der Waals surface area contributed by atoms with Gasteiger partial charge in [-0.15, -0.1) is 0 Å². The smallest absolute Gasteiger partial charge is 0.119 e. The van der Waals surface area contributed by atoms with Crippen molar-refractivity contribution in [3.63, 3.8) is 0 Å². The van der Waals surface area contributed by atoms with Gasteiger partial charge in [0, 0.05) is 18.0 Å². The second kappa shape index (κ2) is 5.93. The zero-order valence-electron chi connectivity index (χ0n) is 12.2. The van der Waals surface area contributed by atoms with Crippen molar-refractivity contribution in [2.75, 3.05) is 13.2 Å². The minimum Gasteiger partial charge on any atom is -0.494 e. The molecule has 1 aliphatic rings. The summed E-state index contributed by atoms with van der Waals surface area (Å²) in [5.41, 5.74) is 2.31. The van der Waals surface area contributed by atoms with Crippen LogP contribution >= 0.6 is 0 Å². The predicted octanol–water partition coefficient (Wildman–Crippen LogP) is 2.58. The highest BCUT2D eigenvalue weighted by Crippen LogP contribution is 2.24. The summed E-state index contributed by atoms with van der Waals surface area (Å²) in [4.78, 5) is 0. The van der Waals surface area contributed by atoms with Crippen molar-refractivity contribution >= 4 is 0 Å². The molecule has 0 spiro atoms. The molecule has 1 atom stereocenters. The Kier molecular flexibility index (Phi) is 4.48. The van der Waals surface area contributed by atoms with Crippen molar-refractivity contribution in [2.24, 2.45) is 0 Å². The van der Waals surface area contributed by atoms with Crippen LogP contribution in [0.1, 0.15) is 37.3 Å². The Morgan fingerprint density at radius 2 is 2.05 bits per heavy atom. The molecule has 3 nitrogen and oxygen atoms in total. The van der Waals surface area contributed by atoms with Gasteiger partial charge in [0.15, 0.2) is 0 Å². The maximum absolute atomic E-state index is 9.52. The van der Waals surface area contributed by atoms with Gasteiger partial charge in [-0.2, -0.15) is 0 Å². The van der Waals surface area contributed by atoms with Crippen LogP contribution in [0.3, 0.4) is 0 Å². The average Bonchev–Trinajstić information content (AvgIpc) is 3.17. The Morgan fingerprint density at radius 1 is 1.32 bits per heavy atom. The molecule has 3 heteroatoms. The lowest BCUT2D eigenvalue weighted by atomic mass is 9.99. The Bertz CT molecular complexity index is 429. The van der Waals surface area contributed by atoms with E-state index in [0.717, 1.165) is 12.2 Å². The van der Waals surface area contributed by atoms with Gasteiger partial charge in [-0.3, -0.25) is 0 Å². The number of aliphatic hydroxyl groups excluding tert-OH is 1. The summed E-state index contributed by atoms with van der Waals surface area (Å²) in [5, 5.41) is 13.0. The van der Waals surface area contributed by atoms with Crippen LogP contribution in [-0.4, -0.2) is 29.9 Å². The molecular formula is C16H25NO2. The van der Waals surface area contributed by atoms with Crippen molar-refractivity contribution in [2.45, 2.75) is 51.6 Å². The van der Waals surface area contributed by atoms with E-state index in [2.05, 4.69) is 38.2 Å². The first-order valence-corrected chi connectivity index (χ1v) is 7.11. The third-order valence-corrected chi connectivity index (χ3v) is 3.88. The second-order valence-electron chi connectivity index (χ2n) is 5.98. The number of ether oxygens (including phenoxy) is 1. The fourth-order valence-electron chi connectivity index (χ4n) is 2.12. The first-order chi connectivity index (χ1) is 9.02. The molecule has 0 saturated heterocycles. The lowest BCUT2D eigenvalue weighted by molar-refractivity contribution is 0.142. The lowest BCUT2D eigenvalue weighted by Crippen LogP contribution is -2.48. The fraction of sp³-hybridized carbons (Fsp3) is 0.625. The Labute approximate surface area is 116 Å². The van der Waals surface area contributed by atoms with Gasteiger partial charge >= 0.3 is 0 Å². The average molecular weight is 263 g/mol. The van der Waals surface area contributed by atoms with Crippen molar-refractivity contribution in [1.29, 1.82) is 0 Å². The van der Waals surface area contributed by atoms with E-state index in [1.54, 1.807) is 0 Å². The van der Waals surface area contributed by atoms with Crippen LogP contribution in [0.4, 0.5) is 0 Å². The third kappa shape index (κ3) is 4.22. The Balaban J connectivity index is 1.82. The molecule has 1 saturated carbocycles. The minimum absolute atomic E-state index is 0.153. The third-order valence-electron chi connectivity index (χ3n) is 3.88. The van der Waals surface area contributed by atoms with E-state index in [1.165, 1.54) is 24.0 Å². The molecule has 19 heavy (non-hydrogen) atoms. The van der Waals surface area contributed by atoms with E-state index in [4.69, 9.17) is 4.74 Å². The maximum atomic E-state index is 9.52. The van der Waals surface area contributed by atoms with Gasteiger partial charge in [-0.1, -0.05) is 6.07 Å². The van der Waals surface area contributed by atoms with Crippen LogP contribution in [-0.2, 0) is 0 Å². The highest BCUT2D eigenvalue weighted by atomic mass is 16.5. The summed E-state index contributed by atoms with van der Waals surface area (Å²) < 4.78 is 5.79. The number of nitrogens with one attached hydrogen (secondary N) is 1. The van der Waals surface area contributed by atoms with Crippen LogP contribution in [0.2, 0.25) is 0 Å². The lowest BCUT2D eigenvalue weighted by Gasteiger charge is -2.29. The largest absolute Gasteiger partial charge is 0.494 e. The molecule has 0 heterocycles.